The number of nitriles is 1. The number of aromatic nitrogens is 5. The number of nitrogens with zero attached hydrogens (tertiary/aromatic N) is 6. The molecule has 2 N–H and O–H groups in total. The number of hydrogen-bond donors (Lipinski definition) is 1. The van der Waals surface area contributed by atoms with Gasteiger partial charge in [0, 0.05) is 41.5 Å². The van der Waals surface area contributed by atoms with Gasteiger partial charge in [0.25, 0.3) is 0 Å². The molecule has 4 heterocycles. The molecule has 0 atom stereocenters. The summed E-state index contributed by atoms with van der Waals surface area (Å²) in [4.78, 5) is 13.5. The van der Waals surface area contributed by atoms with Crippen LogP contribution in [0.2, 0.25) is 5.15 Å². The van der Waals surface area contributed by atoms with Crippen molar-refractivity contribution in [2.75, 3.05) is 0 Å². The third-order valence-corrected chi connectivity index (χ3v) is 6.36. The van der Waals surface area contributed by atoms with Gasteiger partial charge in [0.05, 0.1) is 17.4 Å². The Hall–Kier alpha value is -3.97. The molecule has 0 bridgehead atoms. The van der Waals surface area contributed by atoms with E-state index in [1.54, 1.807) is 29.2 Å². The van der Waals surface area contributed by atoms with Crippen molar-refractivity contribution in [2.45, 2.75) is 32.4 Å². The van der Waals surface area contributed by atoms with Gasteiger partial charge in [-0.1, -0.05) is 37.6 Å². The van der Waals surface area contributed by atoms with Gasteiger partial charge in [0.2, 0.25) is 0 Å². The van der Waals surface area contributed by atoms with Gasteiger partial charge in [0.15, 0.2) is 10.8 Å². The molecule has 0 fully saturated rings. The second kappa shape index (κ2) is 12.0. The zero-order valence-electron chi connectivity index (χ0n) is 21.4. The van der Waals surface area contributed by atoms with Crippen LogP contribution in [0.3, 0.4) is 0 Å². The van der Waals surface area contributed by atoms with Crippen LogP contribution < -0.4 is 9.88 Å². The molecule has 4 aromatic heterocycles. The van der Waals surface area contributed by atoms with Crippen LogP contribution in [0, 0.1) is 18.3 Å². The van der Waals surface area contributed by atoms with Gasteiger partial charge in [-0.3, -0.25) is 14.8 Å². The van der Waals surface area contributed by atoms with E-state index in [4.69, 9.17) is 21.5 Å². The molecule has 0 unspecified atom stereocenters. The third kappa shape index (κ3) is 5.78. The van der Waals surface area contributed by atoms with Gasteiger partial charge in [0.1, 0.15) is 23.5 Å². The van der Waals surface area contributed by atoms with Crippen molar-refractivity contribution in [3.05, 3.63) is 83.0 Å². The van der Waals surface area contributed by atoms with Crippen molar-refractivity contribution in [1.29, 1.82) is 5.26 Å². The molecule has 0 saturated carbocycles. The minimum Gasteiger partial charge on any atom is -0.486 e. The van der Waals surface area contributed by atoms with E-state index in [1.807, 2.05) is 64.3 Å². The van der Waals surface area contributed by atoms with Gasteiger partial charge in [-0.05, 0) is 60.3 Å². The van der Waals surface area contributed by atoms with E-state index in [-0.39, 0.29) is 6.61 Å². The van der Waals surface area contributed by atoms with Crippen molar-refractivity contribution in [1.82, 2.24) is 24.7 Å². The molecule has 38 heavy (non-hydrogen) atoms. The van der Waals surface area contributed by atoms with E-state index < -0.39 is 0 Å². The van der Waals surface area contributed by atoms with E-state index in [1.165, 1.54) is 0 Å². The molecule has 8 nitrogen and oxygen atoms in total. The van der Waals surface area contributed by atoms with Crippen LogP contribution in [0.4, 0.5) is 0 Å². The number of halogens is 1. The molecule has 0 aliphatic rings. The SMILES string of the molecule is CC.Cc1cc(COc2ccc(Cl)nc2SN)c2cc(-c3ccc(-c4cnn(C)c4)nc3)c(C#N)nc2c1. The third-order valence-electron chi connectivity index (χ3n) is 5.63. The maximum atomic E-state index is 9.84. The fourth-order valence-electron chi connectivity index (χ4n) is 3.96. The summed E-state index contributed by atoms with van der Waals surface area (Å²) in [7, 11) is 1.86. The molecule has 0 saturated heterocycles. The van der Waals surface area contributed by atoms with Crippen molar-refractivity contribution in [3.63, 3.8) is 0 Å². The molecule has 0 amide bonds. The summed E-state index contributed by atoms with van der Waals surface area (Å²) in [6, 6.07) is 15.5. The first kappa shape index (κ1) is 27.1. The summed E-state index contributed by atoms with van der Waals surface area (Å²) >= 11 is 6.96. The van der Waals surface area contributed by atoms with Gasteiger partial charge in [-0.2, -0.15) is 10.4 Å². The molecular weight excluding hydrogens is 518 g/mol. The van der Waals surface area contributed by atoms with Crippen LogP contribution in [0.5, 0.6) is 5.75 Å². The lowest BCUT2D eigenvalue weighted by molar-refractivity contribution is 0.297. The van der Waals surface area contributed by atoms with Crippen LogP contribution >= 0.6 is 23.5 Å². The van der Waals surface area contributed by atoms with Crippen LogP contribution in [0.15, 0.2) is 66.1 Å². The van der Waals surface area contributed by atoms with E-state index in [9.17, 15) is 5.26 Å². The van der Waals surface area contributed by atoms with E-state index in [2.05, 4.69) is 26.1 Å². The van der Waals surface area contributed by atoms with Crippen molar-refractivity contribution < 1.29 is 4.74 Å². The molecule has 5 rings (SSSR count). The van der Waals surface area contributed by atoms with Crippen LogP contribution in [-0.4, -0.2) is 24.7 Å². The first-order valence-corrected chi connectivity index (χ1v) is 13.2. The lowest BCUT2D eigenvalue weighted by Crippen LogP contribution is -2.02. The molecule has 1 aromatic carbocycles. The maximum Gasteiger partial charge on any atom is 0.154 e. The largest absolute Gasteiger partial charge is 0.486 e. The molecule has 0 aliphatic heterocycles. The summed E-state index contributed by atoms with van der Waals surface area (Å²) in [5.41, 5.74) is 6.20. The predicted octanol–water partition coefficient (Wildman–Crippen LogP) is 6.50. The van der Waals surface area contributed by atoms with Gasteiger partial charge < -0.3 is 4.74 Å². The number of benzene rings is 1. The highest BCUT2D eigenvalue weighted by molar-refractivity contribution is 7.97. The van der Waals surface area contributed by atoms with Crippen molar-refractivity contribution >= 4 is 34.5 Å². The Labute approximate surface area is 230 Å². The summed E-state index contributed by atoms with van der Waals surface area (Å²) in [6.07, 6.45) is 5.42. The Morgan fingerprint density at radius 1 is 1.08 bits per heavy atom. The summed E-state index contributed by atoms with van der Waals surface area (Å²) in [6.45, 7) is 6.25. The van der Waals surface area contributed by atoms with Gasteiger partial charge >= 0.3 is 0 Å². The van der Waals surface area contributed by atoms with Crippen molar-refractivity contribution in [3.8, 4) is 34.2 Å². The number of aryl methyl sites for hydroxylation is 2. The van der Waals surface area contributed by atoms with Crippen LogP contribution in [-0.2, 0) is 13.7 Å². The summed E-state index contributed by atoms with van der Waals surface area (Å²) < 4.78 is 7.80. The highest BCUT2D eigenvalue weighted by Crippen LogP contribution is 2.32. The average molecular weight is 544 g/mol. The maximum absolute atomic E-state index is 9.84. The highest BCUT2D eigenvalue weighted by Gasteiger charge is 2.15. The van der Waals surface area contributed by atoms with Crippen LogP contribution in [0.1, 0.15) is 30.7 Å². The fourth-order valence-corrected chi connectivity index (χ4v) is 4.55. The number of rotatable bonds is 6. The standard InChI is InChI=1S/C26H20ClN7OS.C2H6/c1-15-7-17(14-35-24-5-6-25(27)33-26(24)36-29)20-9-19(23(10-28)32-22(20)8-15)16-3-4-21(30-11-16)18-12-31-34(2)13-18;1-2/h3-9,11-13H,14,29H2,1-2H3;1-2H3. The predicted molar refractivity (Wildman–Crippen MR) is 152 cm³/mol. The Morgan fingerprint density at radius 2 is 1.89 bits per heavy atom. The van der Waals surface area contributed by atoms with Gasteiger partial charge in [-0.25, -0.2) is 9.97 Å². The average Bonchev–Trinajstić information content (AvgIpc) is 3.38. The Morgan fingerprint density at radius 3 is 2.55 bits per heavy atom. The van der Waals surface area contributed by atoms with Crippen molar-refractivity contribution in [2.24, 2.45) is 12.2 Å². The lowest BCUT2D eigenvalue weighted by Gasteiger charge is -2.14. The molecule has 0 spiro atoms. The summed E-state index contributed by atoms with van der Waals surface area (Å²) in [5.74, 6) is 0.540. The normalized spacial score (nSPS) is 10.6. The minimum absolute atomic E-state index is 0.264. The lowest BCUT2D eigenvalue weighted by atomic mass is 9.99. The molecule has 0 radical (unpaired) electrons. The Balaban J connectivity index is 0.00000164. The van der Waals surface area contributed by atoms with Crippen LogP contribution in [0.25, 0.3) is 33.3 Å². The number of hydrogen-bond acceptors (Lipinski definition) is 8. The number of nitrogens with two attached hydrogens (primary N) is 1. The first-order valence-electron chi connectivity index (χ1n) is 11.9. The molecule has 192 valence electrons. The van der Waals surface area contributed by atoms with E-state index in [0.717, 1.165) is 50.8 Å². The Bertz CT molecular complexity index is 1630. The number of ether oxygens (including phenoxy) is 1. The number of pyridine rings is 3. The molecule has 10 heteroatoms. The van der Waals surface area contributed by atoms with E-state index >= 15 is 0 Å². The number of fused-ring (bicyclic) bond motifs is 1. The highest BCUT2D eigenvalue weighted by atomic mass is 35.5. The minimum atomic E-state index is 0.264. The molecular formula is C28H26ClN7OS. The first-order chi connectivity index (χ1) is 18.4. The smallest absolute Gasteiger partial charge is 0.154 e. The molecule has 0 aliphatic carbocycles. The topological polar surface area (TPSA) is 116 Å². The quantitative estimate of drug-likeness (QED) is 0.191. The second-order valence-corrected chi connectivity index (χ2v) is 9.18. The second-order valence-electron chi connectivity index (χ2n) is 8.17. The Kier molecular flexibility index (Phi) is 8.59. The summed E-state index contributed by atoms with van der Waals surface area (Å²) in [5, 5.41) is 21.5. The zero-order valence-corrected chi connectivity index (χ0v) is 23.0. The van der Waals surface area contributed by atoms with E-state index in [0.29, 0.717) is 27.2 Å². The van der Waals surface area contributed by atoms with Gasteiger partial charge in [-0.15, -0.1) is 0 Å². The fraction of sp³-hybridized carbons (Fsp3) is 0.179. The zero-order chi connectivity index (χ0) is 27.2. The monoisotopic (exact) mass is 543 g/mol. The molecule has 5 aromatic rings.